The van der Waals surface area contributed by atoms with Crippen molar-refractivity contribution in [3.8, 4) is 27.9 Å². The van der Waals surface area contributed by atoms with Crippen molar-refractivity contribution in [2.75, 3.05) is 4.90 Å². The van der Waals surface area contributed by atoms with E-state index in [2.05, 4.69) is 205 Å². The quantitative estimate of drug-likeness (QED) is 0.170. The molecule has 0 fully saturated rings. The van der Waals surface area contributed by atoms with Gasteiger partial charge in [-0.3, -0.25) is 0 Å². The number of rotatable bonds is 6. The number of aromatic nitrogens is 1. The molecule has 1 aromatic heterocycles. The topological polar surface area (TPSA) is 8.17 Å². The number of anilines is 3. The maximum absolute atomic E-state index is 2.48. The van der Waals surface area contributed by atoms with Gasteiger partial charge in [-0.15, -0.1) is 0 Å². The fourth-order valence-corrected chi connectivity index (χ4v) is 8.86. The van der Waals surface area contributed by atoms with Crippen LogP contribution in [0.2, 0.25) is 0 Å². The van der Waals surface area contributed by atoms with Crippen LogP contribution in [0.4, 0.5) is 17.1 Å². The minimum atomic E-state index is -0.0603. The third-order valence-electron chi connectivity index (χ3n) is 11.5. The number of allylic oxidation sites excluding steroid dienone is 1. The predicted octanol–water partition coefficient (Wildman–Crippen LogP) is 13.6. The number of hydrogen-bond donors (Lipinski definition) is 0. The third kappa shape index (κ3) is 5.17. The van der Waals surface area contributed by atoms with E-state index in [0.717, 1.165) is 24.2 Å². The molecule has 2 aliphatic rings. The number of para-hydroxylation sites is 2. The van der Waals surface area contributed by atoms with Crippen LogP contribution in [0.15, 0.2) is 176 Å². The number of benzene rings is 7. The molecule has 0 amide bonds. The van der Waals surface area contributed by atoms with Gasteiger partial charge in [0.05, 0.1) is 5.52 Å². The van der Waals surface area contributed by atoms with E-state index in [1.165, 1.54) is 78.1 Å². The maximum Gasteiger partial charge on any atom is 0.0537 e. The van der Waals surface area contributed by atoms with Crippen LogP contribution >= 0.6 is 0 Å². The molecule has 8 aromatic rings. The largest absolute Gasteiger partial charge is 0.313 e. The predicted molar refractivity (Wildman–Crippen MR) is 224 cm³/mol. The van der Waals surface area contributed by atoms with Gasteiger partial charge in [0.25, 0.3) is 0 Å². The molecule has 0 saturated carbocycles. The molecule has 2 heteroatoms. The minimum absolute atomic E-state index is 0.0603. The highest BCUT2D eigenvalue weighted by molar-refractivity contribution is 5.99. The van der Waals surface area contributed by atoms with Gasteiger partial charge in [0, 0.05) is 44.8 Å². The fourth-order valence-electron chi connectivity index (χ4n) is 8.86. The molecule has 1 heterocycles. The summed E-state index contributed by atoms with van der Waals surface area (Å²) in [6, 6.07) is 64.4. The van der Waals surface area contributed by atoms with Gasteiger partial charge in [-0.1, -0.05) is 135 Å². The zero-order valence-corrected chi connectivity index (χ0v) is 30.1. The zero-order chi connectivity index (χ0) is 35.5. The van der Waals surface area contributed by atoms with E-state index in [9.17, 15) is 0 Å². The van der Waals surface area contributed by atoms with Gasteiger partial charge in [-0.05, 0) is 118 Å². The first-order valence-corrected chi connectivity index (χ1v) is 18.7. The highest BCUT2D eigenvalue weighted by Crippen LogP contribution is 2.50. The summed E-state index contributed by atoms with van der Waals surface area (Å²) in [4.78, 5) is 2.40. The van der Waals surface area contributed by atoms with E-state index in [-0.39, 0.29) is 5.41 Å². The molecule has 7 aromatic carbocycles. The Morgan fingerprint density at radius 1 is 0.491 bits per heavy atom. The summed E-state index contributed by atoms with van der Waals surface area (Å²) in [5.74, 6) is 0. The first kappa shape index (κ1) is 31.4. The summed E-state index contributed by atoms with van der Waals surface area (Å²) in [6.45, 7) is 4.71. The van der Waals surface area contributed by atoms with Gasteiger partial charge in [0.1, 0.15) is 0 Å². The lowest BCUT2D eigenvalue weighted by Gasteiger charge is -2.28. The van der Waals surface area contributed by atoms with Crippen LogP contribution < -0.4 is 4.90 Å². The summed E-state index contributed by atoms with van der Waals surface area (Å²) >= 11 is 0. The highest BCUT2D eigenvalue weighted by atomic mass is 15.1. The molecule has 10 rings (SSSR count). The van der Waals surface area contributed by atoms with Crippen molar-refractivity contribution in [2.24, 2.45) is 0 Å². The molecule has 0 atom stereocenters. The van der Waals surface area contributed by atoms with Gasteiger partial charge in [-0.2, -0.15) is 0 Å². The summed E-state index contributed by atoms with van der Waals surface area (Å²) in [6.07, 6.45) is 4.43. The van der Waals surface area contributed by atoms with Crippen molar-refractivity contribution < 1.29 is 0 Å². The Morgan fingerprint density at radius 3 is 1.89 bits per heavy atom. The Balaban J connectivity index is 1.01. The standard InChI is InChI=1S/C51H40N2/c1-51(2)47-19-11-9-17-43(47)44-31-30-42(34-48(44)51)52(39-15-7-4-8-16-39)40-26-23-37(24-27-40)38-25-32-50-46(33-38)45-18-10-12-20-49(45)53(50)41-28-21-36(22-29-41)35-13-5-3-6-14-35/h3-24,26-31,33-34H,25,32H2,1-2H3. The first-order valence-electron chi connectivity index (χ1n) is 18.7. The number of nitrogens with zero attached hydrogens (tertiary/aromatic N) is 2. The SMILES string of the molecule is CC1(C)c2ccccc2-c2ccc(N(c3ccccc3)c3ccc(C4=Cc5c(n(-c6ccc(-c7ccccc7)cc6)c6ccccc56)CC4)cc3)cc21. The molecular weight excluding hydrogens is 641 g/mol. The van der Waals surface area contributed by atoms with Crippen LogP contribution in [0.1, 0.15) is 48.2 Å². The van der Waals surface area contributed by atoms with Gasteiger partial charge >= 0.3 is 0 Å². The smallest absolute Gasteiger partial charge is 0.0537 e. The van der Waals surface area contributed by atoms with Gasteiger partial charge < -0.3 is 9.47 Å². The molecule has 0 radical (unpaired) electrons. The third-order valence-corrected chi connectivity index (χ3v) is 11.5. The Kier molecular flexibility index (Phi) is 7.33. The van der Waals surface area contributed by atoms with Crippen molar-refractivity contribution >= 4 is 39.6 Å². The first-order chi connectivity index (χ1) is 26.0. The van der Waals surface area contributed by atoms with Gasteiger partial charge in [0.15, 0.2) is 0 Å². The van der Waals surface area contributed by atoms with E-state index in [1.54, 1.807) is 0 Å². The molecule has 0 spiro atoms. The second-order valence-corrected chi connectivity index (χ2v) is 14.9. The van der Waals surface area contributed by atoms with Crippen LogP contribution in [0.25, 0.3) is 50.5 Å². The van der Waals surface area contributed by atoms with Crippen molar-refractivity contribution in [2.45, 2.75) is 32.1 Å². The van der Waals surface area contributed by atoms with Crippen molar-refractivity contribution in [1.29, 1.82) is 0 Å². The van der Waals surface area contributed by atoms with E-state index in [1.807, 2.05) is 0 Å². The molecule has 0 N–H and O–H groups in total. The molecule has 0 aliphatic heterocycles. The Hall–Kier alpha value is -6.38. The average molecular weight is 681 g/mol. The molecular formula is C51H40N2. The molecule has 2 aliphatic carbocycles. The molecule has 0 bridgehead atoms. The Bertz CT molecular complexity index is 2660. The van der Waals surface area contributed by atoms with E-state index >= 15 is 0 Å². The Labute approximate surface area is 311 Å². The van der Waals surface area contributed by atoms with Crippen LogP contribution in [-0.4, -0.2) is 4.57 Å². The fraction of sp³-hybridized carbons (Fsp3) is 0.0980. The molecule has 254 valence electrons. The monoisotopic (exact) mass is 680 g/mol. The molecule has 53 heavy (non-hydrogen) atoms. The zero-order valence-electron chi connectivity index (χ0n) is 30.1. The lowest BCUT2D eigenvalue weighted by atomic mass is 9.82. The lowest BCUT2D eigenvalue weighted by molar-refractivity contribution is 0.660. The van der Waals surface area contributed by atoms with Crippen LogP contribution in [-0.2, 0) is 11.8 Å². The van der Waals surface area contributed by atoms with Crippen LogP contribution in [0.3, 0.4) is 0 Å². The molecule has 2 nitrogen and oxygen atoms in total. The van der Waals surface area contributed by atoms with Crippen LogP contribution in [0.5, 0.6) is 0 Å². The van der Waals surface area contributed by atoms with Crippen molar-refractivity contribution in [1.82, 2.24) is 4.57 Å². The van der Waals surface area contributed by atoms with Crippen molar-refractivity contribution in [3.63, 3.8) is 0 Å². The summed E-state index contributed by atoms with van der Waals surface area (Å²) in [5.41, 5.74) is 19.2. The van der Waals surface area contributed by atoms with Crippen molar-refractivity contribution in [3.05, 3.63) is 204 Å². The van der Waals surface area contributed by atoms with Gasteiger partial charge in [0.2, 0.25) is 0 Å². The lowest BCUT2D eigenvalue weighted by Crippen LogP contribution is -2.16. The maximum atomic E-state index is 2.48. The Morgan fingerprint density at radius 2 is 1.09 bits per heavy atom. The van der Waals surface area contributed by atoms with E-state index in [4.69, 9.17) is 0 Å². The molecule has 0 unspecified atom stereocenters. The van der Waals surface area contributed by atoms with Crippen LogP contribution in [0, 0.1) is 0 Å². The average Bonchev–Trinajstić information content (AvgIpc) is 3.67. The summed E-state index contributed by atoms with van der Waals surface area (Å²) < 4.78 is 2.48. The normalized spacial score (nSPS) is 14.0. The summed E-state index contributed by atoms with van der Waals surface area (Å²) in [7, 11) is 0. The summed E-state index contributed by atoms with van der Waals surface area (Å²) in [5, 5.41) is 1.31. The second kappa shape index (κ2) is 12.4. The number of fused-ring (bicyclic) bond motifs is 6. The highest BCUT2D eigenvalue weighted by Gasteiger charge is 2.35. The molecule has 0 saturated heterocycles. The minimum Gasteiger partial charge on any atom is -0.313 e. The number of hydrogen-bond acceptors (Lipinski definition) is 1. The van der Waals surface area contributed by atoms with E-state index < -0.39 is 0 Å². The van der Waals surface area contributed by atoms with Gasteiger partial charge in [-0.25, -0.2) is 0 Å². The second-order valence-electron chi connectivity index (χ2n) is 14.9. The van der Waals surface area contributed by atoms with E-state index in [0.29, 0.717) is 0 Å².